The molecule has 1 fully saturated rings. The molecule has 0 radical (unpaired) electrons. The average Bonchev–Trinajstić information content (AvgIpc) is 3.07. The number of imidazole rings is 1. The SMILES string of the molecule is CCOC(=O)C1(NC)CCC(N(C)Cc2nccn2C)C1. The summed E-state index contributed by atoms with van der Waals surface area (Å²) in [6.07, 6.45) is 6.35. The maximum Gasteiger partial charge on any atom is 0.326 e. The van der Waals surface area contributed by atoms with Gasteiger partial charge < -0.3 is 14.6 Å². The van der Waals surface area contributed by atoms with Gasteiger partial charge in [-0.15, -0.1) is 0 Å². The molecule has 21 heavy (non-hydrogen) atoms. The van der Waals surface area contributed by atoms with Crippen molar-refractivity contribution in [1.29, 1.82) is 0 Å². The van der Waals surface area contributed by atoms with Gasteiger partial charge in [0, 0.05) is 25.5 Å². The number of carbonyl (C=O) groups is 1. The largest absolute Gasteiger partial charge is 0.465 e. The van der Waals surface area contributed by atoms with Gasteiger partial charge in [-0.05, 0) is 40.3 Å². The zero-order valence-electron chi connectivity index (χ0n) is 13.4. The molecule has 1 heterocycles. The molecule has 1 aliphatic rings. The molecule has 2 rings (SSSR count). The lowest BCUT2D eigenvalue weighted by Crippen LogP contribution is -2.50. The van der Waals surface area contributed by atoms with Crippen molar-refractivity contribution in [3.05, 3.63) is 18.2 Å². The van der Waals surface area contributed by atoms with E-state index in [1.54, 1.807) is 0 Å². The highest BCUT2D eigenvalue weighted by molar-refractivity contribution is 5.81. The molecule has 0 aromatic carbocycles. The van der Waals surface area contributed by atoms with Crippen LogP contribution in [0.5, 0.6) is 0 Å². The van der Waals surface area contributed by atoms with E-state index in [1.807, 2.05) is 38.0 Å². The first-order chi connectivity index (χ1) is 10.0. The molecule has 0 saturated heterocycles. The first kappa shape index (κ1) is 16.0. The molecule has 0 amide bonds. The quantitative estimate of drug-likeness (QED) is 0.791. The molecule has 6 heteroatoms. The van der Waals surface area contributed by atoms with E-state index in [0.29, 0.717) is 12.6 Å². The second-order valence-electron chi connectivity index (χ2n) is 5.82. The Balaban J connectivity index is 2.00. The highest BCUT2D eigenvalue weighted by Crippen LogP contribution is 2.34. The van der Waals surface area contributed by atoms with E-state index in [-0.39, 0.29) is 5.97 Å². The summed E-state index contributed by atoms with van der Waals surface area (Å²) in [5.74, 6) is 0.913. The van der Waals surface area contributed by atoms with Gasteiger partial charge in [-0.3, -0.25) is 9.69 Å². The summed E-state index contributed by atoms with van der Waals surface area (Å²) in [4.78, 5) is 18.9. The number of ether oxygens (including phenoxy) is 1. The fourth-order valence-corrected chi connectivity index (χ4v) is 3.08. The molecular weight excluding hydrogens is 268 g/mol. The van der Waals surface area contributed by atoms with Crippen LogP contribution in [0.25, 0.3) is 0 Å². The van der Waals surface area contributed by atoms with Gasteiger partial charge in [0.2, 0.25) is 0 Å². The third-order valence-electron chi connectivity index (χ3n) is 4.57. The Morgan fingerprint density at radius 1 is 1.67 bits per heavy atom. The Labute approximate surface area is 126 Å². The summed E-state index contributed by atoms with van der Waals surface area (Å²) >= 11 is 0. The van der Waals surface area contributed by atoms with Crippen LogP contribution in [-0.4, -0.2) is 52.7 Å². The van der Waals surface area contributed by atoms with E-state index in [9.17, 15) is 4.79 Å². The van der Waals surface area contributed by atoms with Gasteiger partial charge in [0.1, 0.15) is 11.4 Å². The number of nitrogens with zero attached hydrogens (tertiary/aromatic N) is 3. The van der Waals surface area contributed by atoms with Crippen molar-refractivity contribution >= 4 is 5.97 Å². The number of hydrogen-bond acceptors (Lipinski definition) is 5. The summed E-state index contributed by atoms with van der Waals surface area (Å²) in [6.45, 7) is 3.06. The van der Waals surface area contributed by atoms with E-state index in [1.165, 1.54) is 0 Å². The lowest BCUT2D eigenvalue weighted by molar-refractivity contribution is -0.151. The fraction of sp³-hybridized carbons (Fsp3) is 0.733. The molecule has 1 aromatic rings. The Hall–Kier alpha value is -1.40. The molecule has 0 spiro atoms. The smallest absolute Gasteiger partial charge is 0.326 e. The summed E-state index contributed by atoms with van der Waals surface area (Å²) in [6, 6.07) is 0.360. The third-order valence-corrected chi connectivity index (χ3v) is 4.57. The molecule has 1 aliphatic carbocycles. The number of carbonyl (C=O) groups excluding carboxylic acids is 1. The van der Waals surface area contributed by atoms with E-state index in [2.05, 4.69) is 22.2 Å². The lowest BCUT2D eigenvalue weighted by Gasteiger charge is -2.29. The number of nitrogens with one attached hydrogen (secondary N) is 1. The molecule has 1 N–H and O–H groups in total. The van der Waals surface area contributed by atoms with Gasteiger partial charge in [-0.2, -0.15) is 0 Å². The molecule has 0 aliphatic heterocycles. The Morgan fingerprint density at radius 3 is 3.00 bits per heavy atom. The van der Waals surface area contributed by atoms with Crippen molar-refractivity contribution in [3.8, 4) is 0 Å². The van der Waals surface area contributed by atoms with E-state index in [4.69, 9.17) is 4.74 Å². The Morgan fingerprint density at radius 2 is 2.43 bits per heavy atom. The maximum atomic E-state index is 12.2. The van der Waals surface area contributed by atoms with Crippen molar-refractivity contribution in [3.63, 3.8) is 0 Å². The monoisotopic (exact) mass is 294 g/mol. The highest BCUT2D eigenvalue weighted by atomic mass is 16.5. The van der Waals surface area contributed by atoms with Crippen LogP contribution in [0.15, 0.2) is 12.4 Å². The summed E-state index contributed by atoms with van der Waals surface area (Å²) in [5.41, 5.74) is -0.531. The topological polar surface area (TPSA) is 59.4 Å². The van der Waals surface area contributed by atoms with Crippen LogP contribution in [0, 0.1) is 0 Å². The number of aromatic nitrogens is 2. The average molecular weight is 294 g/mol. The third kappa shape index (κ3) is 3.27. The summed E-state index contributed by atoms with van der Waals surface area (Å²) in [7, 11) is 5.94. The van der Waals surface area contributed by atoms with Crippen molar-refractivity contribution < 1.29 is 9.53 Å². The zero-order valence-corrected chi connectivity index (χ0v) is 13.4. The molecule has 1 aromatic heterocycles. The van der Waals surface area contributed by atoms with Crippen molar-refractivity contribution in [1.82, 2.24) is 19.8 Å². The first-order valence-corrected chi connectivity index (χ1v) is 7.55. The van der Waals surface area contributed by atoms with Crippen LogP contribution in [-0.2, 0) is 23.1 Å². The summed E-state index contributed by atoms with van der Waals surface area (Å²) in [5, 5.41) is 3.20. The second kappa shape index (κ2) is 6.58. The molecular formula is C15H26N4O2. The first-order valence-electron chi connectivity index (χ1n) is 7.55. The number of likely N-dealkylation sites (N-methyl/N-ethyl adjacent to an activating group) is 1. The van der Waals surface area contributed by atoms with Crippen LogP contribution in [0.2, 0.25) is 0 Å². The number of esters is 1. The fourth-order valence-electron chi connectivity index (χ4n) is 3.08. The minimum Gasteiger partial charge on any atom is -0.465 e. The molecule has 0 bridgehead atoms. The standard InChI is InChI=1S/C15H26N4O2/c1-5-21-14(20)15(16-2)7-6-12(10-15)19(4)11-13-17-8-9-18(13)3/h8-9,12,16H,5-7,10-11H2,1-4H3. The van der Waals surface area contributed by atoms with Gasteiger partial charge in [0.25, 0.3) is 0 Å². The number of hydrogen-bond donors (Lipinski definition) is 1. The molecule has 2 unspecified atom stereocenters. The molecule has 118 valence electrons. The number of aryl methyl sites for hydroxylation is 1. The van der Waals surface area contributed by atoms with Gasteiger partial charge in [0.15, 0.2) is 0 Å². The Bertz CT molecular complexity index is 488. The van der Waals surface area contributed by atoms with Crippen molar-refractivity contribution in [2.45, 2.75) is 44.3 Å². The maximum absolute atomic E-state index is 12.2. The molecule has 6 nitrogen and oxygen atoms in total. The van der Waals surface area contributed by atoms with Crippen LogP contribution in [0.4, 0.5) is 0 Å². The van der Waals surface area contributed by atoms with Crippen LogP contribution < -0.4 is 5.32 Å². The van der Waals surface area contributed by atoms with Crippen molar-refractivity contribution in [2.75, 3.05) is 20.7 Å². The minimum absolute atomic E-state index is 0.125. The Kier molecular flexibility index (Phi) is 5.00. The summed E-state index contributed by atoms with van der Waals surface area (Å²) < 4.78 is 7.27. The van der Waals surface area contributed by atoms with Gasteiger partial charge in [-0.25, -0.2) is 4.98 Å². The van der Waals surface area contributed by atoms with Gasteiger partial charge in [0.05, 0.1) is 13.2 Å². The molecule has 1 saturated carbocycles. The normalized spacial score (nSPS) is 25.5. The van der Waals surface area contributed by atoms with E-state index < -0.39 is 5.54 Å². The van der Waals surface area contributed by atoms with Crippen molar-refractivity contribution in [2.24, 2.45) is 7.05 Å². The van der Waals surface area contributed by atoms with E-state index >= 15 is 0 Å². The predicted octanol–water partition coefficient (Wildman–Crippen LogP) is 0.926. The highest BCUT2D eigenvalue weighted by Gasteiger charge is 2.46. The zero-order chi connectivity index (χ0) is 15.5. The van der Waals surface area contributed by atoms with Crippen LogP contribution >= 0.6 is 0 Å². The van der Waals surface area contributed by atoms with Crippen LogP contribution in [0.3, 0.4) is 0 Å². The predicted molar refractivity (Wildman–Crippen MR) is 80.7 cm³/mol. The van der Waals surface area contributed by atoms with Gasteiger partial charge >= 0.3 is 5.97 Å². The second-order valence-corrected chi connectivity index (χ2v) is 5.82. The lowest BCUT2D eigenvalue weighted by atomic mass is 9.97. The minimum atomic E-state index is -0.531. The van der Waals surface area contributed by atoms with E-state index in [0.717, 1.165) is 31.6 Å². The van der Waals surface area contributed by atoms with Crippen LogP contribution in [0.1, 0.15) is 32.0 Å². The number of rotatable bonds is 6. The molecule has 2 atom stereocenters. The van der Waals surface area contributed by atoms with Gasteiger partial charge in [-0.1, -0.05) is 0 Å².